The zero-order valence-electron chi connectivity index (χ0n) is 20.6. The molecule has 192 valence electrons. The fourth-order valence-corrected chi connectivity index (χ4v) is 5.54. The summed E-state index contributed by atoms with van der Waals surface area (Å²) in [4.78, 5) is 42.1. The molecule has 0 aliphatic carbocycles. The third-order valence-corrected chi connectivity index (χ3v) is 7.56. The molecule has 37 heavy (non-hydrogen) atoms. The molecule has 3 aromatic carbocycles. The Bertz CT molecular complexity index is 1310. The number of non-ortho nitro benzene ring substituents is 1. The lowest BCUT2D eigenvalue weighted by molar-refractivity contribution is -0.384. The number of benzene rings is 3. The minimum absolute atomic E-state index is 0.121. The average Bonchev–Trinajstić information content (AvgIpc) is 2.97. The maximum absolute atomic E-state index is 14.1. The molecule has 0 N–H and O–H groups in total. The van der Waals surface area contributed by atoms with Gasteiger partial charge < -0.3 is 14.5 Å². The fourth-order valence-electron chi connectivity index (χ4n) is 3.95. The predicted molar refractivity (Wildman–Crippen MR) is 144 cm³/mol. The number of thioether (sulfide) groups is 1. The minimum Gasteiger partial charge on any atom is -0.447 e. The Labute approximate surface area is 224 Å². The molecule has 0 bridgehead atoms. The average molecular weight is 540 g/mol. The molecule has 10 heteroatoms. The molecule has 1 heterocycles. The zero-order valence-corrected chi connectivity index (χ0v) is 22.2. The second kappa shape index (κ2) is 11.3. The van der Waals surface area contributed by atoms with Crippen LogP contribution in [-0.2, 0) is 9.53 Å². The first kappa shape index (κ1) is 26.7. The van der Waals surface area contributed by atoms with Crippen molar-refractivity contribution in [1.29, 1.82) is 0 Å². The van der Waals surface area contributed by atoms with E-state index in [1.165, 1.54) is 36.0 Å². The zero-order chi connectivity index (χ0) is 26.7. The number of rotatable bonds is 7. The van der Waals surface area contributed by atoms with Crippen LogP contribution in [0.5, 0.6) is 0 Å². The highest BCUT2D eigenvalue weighted by atomic mass is 35.5. The van der Waals surface area contributed by atoms with Crippen LogP contribution >= 0.6 is 23.4 Å². The van der Waals surface area contributed by atoms with Crippen LogP contribution in [0.15, 0.2) is 71.6 Å². The molecule has 3 aromatic rings. The summed E-state index contributed by atoms with van der Waals surface area (Å²) in [5.41, 5.74) is 2.57. The van der Waals surface area contributed by atoms with E-state index in [-0.39, 0.29) is 17.2 Å². The maximum atomic E-state index is 14.1. The van der Waals surface area contributed by atoms with Crippen molar-refractivity contribution in [3.63, 3.8) is 0 Å². The van der Waals surface area contributed by atoms with Crippen LogP contribution in [0.2, 0.25) is 5.02 Å². The Morgan fingerprint density at radius 2 is 1.78 bits per heavy atom. The highest BCUT2D eigenvalue weighted by molar-refractivity contribution is 7.99. The number of nitro benzene ring substituents is 1. The van der Waals surface area contributed by atoms with Crippen molar-refractivity contribution in [2.45, 2.75) is 23.2 Å². The number of hydrogen-bond acceptors (Lipinski definition) is 7. The molecule has 4 rings (SSSR count). The Balaban J connectivity index is 1.76. The van der Waals surface area contributed by atoms with Crippen molar-refractivity contribution in [1.82, 2.24) is 4.90 Å². The number of aryl methyl sites for hydroxylation is 1. The quantitative estimate of drug-likeness (QED) is 0.221. The van der Waals surface area contributed by atoms with Gasteiger partial charge in [0.15, 0.2) is 6.10 Å². The van der Waals surface area contributed by atoms with Crippen molar-refractivity contribution in [3.05, 3.63) is 98.6 Å². The van der Waals surface area contributed by atoms with Crippen LogP contribution in [-0.4, -0.2) is 55.0 Å². The number of carbonyl (C=O) groups is 2. The summed E-state index contributed by atoms with van der Waals surface area (Å²) in [5, 5.41) is 11.0. The van der Waals surface area contributed by atoms with Gasteiger partial charge in [-0.1, -0.05) is 41.4 Å². The molecule has 0 aromatic heterocycles. The van der Waals surface area contributed by atoms with Crippen LogP contribution in [0, 0.1) is 17.0 Å². The third kappa shape index (κ3) is 6.12. The monoisotopic (exact) mass is 539 g/mol. The van der Waals surface area contributed by atoms with Gasteiger partial charge in [0.05, 0.1) is 21.4 Å². The van der Waals surface area contributed by atoms with Gasteiger partial charge in [-0.2, -0.15) is 0 Å². The lowest BCUT2D eigenvalue weighted by Crippen LogP contribution is -2.45. The maximum Gasteiger partial charge on any atom is 0.338 e. The fraction of sp³-hybridized carbons (Fsp3) is 0.259. The van der Waals surface area contributed by atoms with Gasteiger partial charge in [-0.25, -0.2) is 4.79 Å². The van der Waals surface area contributed by atoms with Crippen LogP contribution in [0.3, 0.4) is 0 Å². The molecule has 0 spiro atoms. The molecule has 1 aliphatic heterocycles. The molecular weight excluding hydrogens is 514 g/mol. The second-order valence-electron chi connectivity index (χ2n) is 8.98. The second-order valence-corrected chi connectivity index (χ2v) is 10.6. The molecule has 2 unspecified atom stereocenters. The van der Waals surface area contributed by atoms with E-state index in [0.29, 0.717) is 23.8 Å². The van der Waals surface area contributed by atoms with E-state index in [1.807, 2.05) is 62.3 Å². The summed E-state index contributed by atoms with van der Waals surface area (Å²) in [5.74, 6) is -1.08. The van der Waals surface area contributed by atoms with Gasteiger partial charge in [0.2, 0.25) is 0 Å². The first-order chi connectivity index (χ1) is 17.6. The van der Waals surface area contributed by atoms with E-state index in [9.17, 15) is 19.7 Å². The largest absolute Gasteiger partial charge is 0.447 e. The lowest BCUT2D eigenvalue weighted by Gasteiger charge is -2.28. The van der Waals surface area contributed by atoms with Gasteiger partial charge in [-0.05, 0) is 56.9 Å². The van der Waals surface area contributed by atoms with Gasteiger partial charge >= 0.3 is 5.97 Å². The summed E-state index contributed by atoms with van der Waals surface area (Å²) < 4.78 is 5.90. The molecule has 1 amide bonds. The predicted octanol–water partition coefficient (Wildman–Crippen LogP) is 5.52. The molecule has 0 radical (unpaired) electrons. The van der Waals surface area contributed by atoms with Crippen molar-refractivity contribution in [2.24, 2.45) is 0 Å². The van der Waals surface area contributed by atoms with Crippen LogP contribution < -0.4 is 4.90 Å². The molecule has 0 saturated carbocycles. The summed E-state index contributed by atoms with van der Waals surface area (Å²) >= 11 is 7.75. The number of esters is 1. The number of amides is 1. The Hall–Kier alpha value is -3.40. The van der Waals surface area contributed by atoms with Crippen LogP contribution in [0.1, 0.15) is 26.7 Å². The van der Waals surface area contributed by atoms with E-state index in [2.05, 4.69) is 0 Å². The van der Waals surface area contributed by atoms with Crippen molar-refractivity contribution in [2.75, 3.05) is 32.1 Å². The van der Waals surface area contributed by atoms with Gasteiger partial charge in [0.1, 0.15) is 0 Å². The van der Waals surface area contributed by atoms with Crippen LogP contribution in [0.25, 0.3) is 0 Å². The van der Waals surface area contributed by atoms with Crippen molar-refractivity contribution in [3.8, 4) is 0 Å². The number of nitro groups is 1. The Morgan fingerprint density at radius 1 is 1.11 bits per heavy atom. The molecule has 0 fully saturated rings. The molecule has 0 saturated heterocycles. The van der Waals surface area contributed by atoms with E-state index in [4.69, 9.17) is 16.3 Å². The summed E-state index contributed by atoms with van der Waals surface area (Å²) in [6.07, 6.45) is -1.15. The molecule has 8 nitrogen and oxygen atoms in total. The van der Waals surface area contributed by atoms with E-state index in [1.54, 1.807) is 11.0 Å². The number of nitrogens with zero attached hydrogens (tertiary/aromatic N) is 3. The number of ether oxygens (including phenoxy) is 1. The number of halogens is 1. The normalized spacial score (nSPS) is 17.3. The number of fused-ring (bicyclic) bond motifs is 1. The van der Waals surface area contributed by atoms with E-state index in [0.717, 1.165) is 16.0 Å². The van der Waals surface area contributed by atoms with Crippen LogP contribution in [0.4, 0.5) is 11.4 Å². The van der Waals surface area contributed by atoms with Gasteiger partial charge in [0.25, 0.3) is 11.6 Å². The first-order valence-electron chi connectivity index (χ1n) is 11.6. The third-order valence-electron chi connectivity index (χ3n) is 5.98. The van der Waals surface area contributed by atoms with Gasteiger partial charge in [0, 0.05) is 35.1 Å². The van der Waals surface area contributed by atoms with Gasteiger partial charge in [-0.3, -0.25) is 14.9 Å². The standard InChI is InChI=1S/C27H26ClN3O5S/c1-17-4-6-18(7-5-17)25-24(36-27(33)19-8-11-21(12-9-19)31(34)35)26(32)30(15-14-29(2)3)22-13-10-20(28)16-23(22)37-25/h4-13,16,24-25H,14-15H2,1-3H3. The molecule has 2 atom stereocenters. The molecular formula is C27H26ClN3O5S. The summed E-state index contributed by atoms with van der Waals surface area (Å²) in [6.45, 7) is 2.95. The highest BCUT2D eigenvalue weighted by Crippen LogP contribution is 2.47. The summed E-state index contributed by atoms with van der Waals surface area (Å²) in [7, 11) is 3.84. The van der Waals surface area contributed by atoms with E-state index >= 15 is 0 Å². The Morgan fingerprint density at radius 3 is 2.41 bits per heavy atom. The van der Waals surface area contributed by atoms with E-state index < -0.39 is 22.2 Å². The first-order valence-corrected chi connectivity index (χ1v) is 12.8. The van der Waals surface area contributed by atoms with Crippen molar-refractivity contribution < 1.29 is 19.2 Å². The summed E-state index contributed by atoms with van der Waals surface area (Å²) in [6, 6.07) is 18.2. The lowest BCUT2D eigenvalue weighted by atomic mass is 10.0. The topological polar surface area (TPSA) is 93.0 Å². The Kier molecular flexibility index (Phi) is 8.16. The minimum atomic E-state index is -1.15. The number of hydrogen-bond donors (Lipinski definition) is 0. The number of likely N-dealkylation sites (N-methyl/N-ethyl adjacent to an activating group) is 1. The molecule has 1 aliphatic rings. The smallest absolute Gasteiger partial charge is 0.338 e. The van der Waals surface area contributed by atoms with Gasteiger partial charge in [-0.15, -0.1) is 11.8 Å². The number of anilines is 1. The van der Waals surface area contributed by atoms with Crippen molar-refractivity contribution >= 4 is 46.6 Å². The SMILES string of the molecule is Cc1ccc(C2Sc3cc(Cl)ccc3N(CCN(C)C)C(=O)C2OC(=O)c2ccc([N+](=O)[O-])cc2)cc1. The highest BCUT2D eigenvalue weighted by Gasteiger charge is 2.41. The number of carbonyl (C=O) groups excluding carboxylic acids is 2.